The number of anilines is 1. The maximum atomic E-state index is 6.10. The van der Waals surface area contributed by atoms with Crippen LogP contribution >= 0.6 is 0 Å². The molecule has 0 atom stereocenters. The summed E-state index contributed by atoms with van der Waals surface area (Å²) in [5.41, 5.74) is 2.30. The van der Waals surface area contributed by atoms with Gasteiger partial charge in [-0.05, 0) is 29.8 Å². The first kappa shape index (κ1) is 20.1. The summed E-state index contributed by atoms with van der Waals surface area (Å²) < 4.78 is 23.7. The molecule has 3 aromatic rings. The highest BCUT2D eigenvalue weighted by Crippen LogP contribution is 2.30. The first-order valence-electron chi connectivity index (χ1n) is 10.3. The summed E-state index contributed by atoms with van der Waals surface area (Å²) in [6, 6.07) is 26.3. The smallest absolute Gasteiger partial charge is 0.161 e. The van der Waals surface area contributed by atoms with E-state index in [0.29, 0.717) is 33.0 Å². The van der Waals surface area contributed by atoms with Crippen LogP contribution in [0.4, 0.5) is 5.69 Å². The van der Waals surface area contributed by atoms with Crippen molar-refractivity contribution in [3.05, 3.63) is 84.4 Å². The number of nitrogens with zero attached hydrogens (tertiary/aromatic N) is 1. The second-order valence-corrected chi connectivity index (χ2v) is 6.98. The molecule has 1 heterocycles. The highest BCUT2D eigenvalue weighted by atomic mass is 16.6. The average molecular weight is 405 g/mol. The summed E-state index contributed by atoms with van der Waals surface area (Å²) >= 11 is 0. The van der Waals surface area contributed by atoms with Crippen LogP contribution in [0.1, 0.15) is 5.56 Å². The minimum atomic E-state index is 0.434. The van der Waals surface area contributed by atoms with E-state index in [2.05, 4.69) is 35.2 Å². The molecule has 4 rings (SSSR count). The Kier molecular flexibility index (Phi) is 7.07. The molecule has 0 aromatic heterocycles. The Balaban J connectivity index is 1.53. The highest BCUT2D eigenvalue weighted by Gasteiger charge is 2.14. The van der Waals surface area contributed by atoms with Crippen LogP contribution in [0.3, 0.4) is 0 Å². The van der Waals surface area contributed by atoms with Gasteiger partial charge in [-0.3, -0.25) is 0 Å². The Morgan fingerprint density at radius 3 is 1.87 bits per heavy atom. The van der Waals surface area contributed by atoms with Gasteiger partial charge in [0.25, 0.3) is 0 Å². The Morgan fingerprint density at radius 2 is 1.13 bits per heavy atom. The van der Waals surface area contributed by atoms with Gasteiger partial charge in [0, 0.05) is 13.1 Å². The molecule has 0 saturated heterocycles. The SMILES string of the molecule is c1ccc(CN2CCOCCOc3ccccc3OCCOc3ccccc32)cc1. The van der Waals surface area contributed by atoms with E-state index < -0.39 is 0 Å². The minimum Gasteiger partial charge on any atom is -0.488 e. The van der Waals surface area contributed by atoms with Gasteiger partial charge in [0.1, 0.15) is 25.6 Å². The predicted octanol–water partition coefficient (Wildman–Crippen LogP) is 4.56. The van der Waals surface area contributed by atoms with Crippen molar-refractivity contribution in [2.75, 3.05) is 44.5 Å². The third-order valence-corrected chi connectivity index (χ3v) is 4.86. The van der Waals surface area contributed by atoms with Crippen molar-refractivity contribution in [2.45, 2.75) is 6.54 Å². The van der Waals surface area contributed by atoms with Gasteiger partial charge in [-0.25, -0.2) is 0 Å². The summed E-state index contributed by atoms with van der Waals surface area (Å²) in [7, 11) is 0. The Morgan fingerprint density at radius 1 is 0.567 bits per heavy atom. The van der Waals surface area contributed by atoms with Crippen molar-refractivity contribution in [1.82, 2.24) is 0 Å². The van der Waals surface area contributed by atoms with Crippen LogP contribution in [-0.2, 0) is 11.3 Å². The zero-order valence-corrected chi connectivity index (χ0v) is 17.0. The van der Waals surface area contributed by atoms with Crippen molar-refractivity contribution in [3.63, 3.8) is 0 Å². The summed E-state index contributed by atoms with van der Waals surface area (Å²) in [5.74, 6) is 2.29. The van der Waals surface area contributed by atoms with Gasteiger partial charge in [-0.2, -0.15) is 0 Å². The van der Waals surface area contributed by atoms with Crippen LogP contribution in [0, 0.1) is 0 Å². The predicted molar refractivity (Wildman–Crippen MR) is 118 cm³/mol. The van der Waals surface area contributed by atoms with Crippen LogP contribution in [0.15, 0.2) is 78.9 Å². The fourth-order valence-electron chi connectivity index (χ4n) is 3.41. The van der Waals surface area contributed by atoms with Crippen molar-refractivity contribution >= 4 is 5.69 Å². The zero-order chi connectivity index (χ0) is 20.4. The van der Waals surface area contributed by atoms with Crippen LogP contribution in [0.25, 0.3) is 0 Å². The lowest BCUT2D eigenvalue weighted by Gasteiger charge is -2.27. The van der Waals surface area contributed by atoms with Crippen molar-refractivity contribution < 1.29 is 18.9 Å². The van der Waals surface area contributed by atoms with Crippen molar-refractivity contribution in [3.8, 4) is 17.2 Å². The second kappa shape index (κ2) is 10.6. The molecule has 0 bridgehead atoms. The van der Waals surface area contributed by atoms with Crippen LogP contribution in [0.2, 0.25) is 0 Å². The molecule has 0 radical (unpaired) electrons. The van der Waals surface area contributed by atoms with Crippen molar-refractivity contribution in [1.29, 1.82) is 0 Å². The lowest BCUT2D eigenvalue weighted by atomic mass is 10.2. The standard InChI is InChI=1S/C25H27NO4/c1-2-8-21(9-3-1)20-26-14-15-27-16-17-29-24-12-6-7-13-25(24)30-19-18-28-23-11-5-4-10-22(23)26/h1-13H,14-20H2. The van der Waals surface area contributed by atoms with E-state index in [0.717, 1.165) is 36.0 Å². The topological polar surface area (TPSA) is 40.2 Å². The number of hydrogen-bond acceptors (Lipinski definition) is 5. The second-order valence-electron chi connectivity index (χ2n) is 6.98. The number of para-hydroxylation sites is 4. The first-order chi connectivity index (χ1) is 14.9. The molecule has 1 aliphatic heterocycles. The van der Waals surface area contributed by atoms with E-state index in [1.54, 1.807) is 0 Å². The summed E-state index contributed by atoms with van der Waals surface area (Å²) in [6.45, 7) is 4.01. The third-order valence-electron chi connectivity index (χ3n) is 4.86. The summed E-state index contributed by atoms with van der Waals surface area (Å²) in [4.78, 5) is 2.29. The summed E-state index contributed by atoms with van der Waals surface area (Å²) in [6.07, 6.45) is 0. The molecule has 0 unspecified atom stereocenters. The quantitative estimate of drug-likeness (QED) is 0.625. The Hall–Kier alpha value is -3.18. The molecule has 5 heteroatoms. The number of fused-ring (bicyclic) bond motifs is 2. The van der Waals surface area contributed by atoms with Crippen LogP contribution in [-0.4, -0.2) is 39.6 Å². The van der Waals surface area contributed by atoms with Crippen LogP contribution < -0.4 is 19.1 Å². The summed E-state index contributed by atoms with van der Waals surface area (Å²) in [5, 5.41) is 0. The van der Waals surface area contributed by atoms with Gasteiger partial charge >= 0.3 is 0 Å². The van der Waals surface area contributed by atoms with E-state index in [9.17, 15) is 0 Å². The van der Waals surface area contributed by atoms with Gasteiger partial charge in [-0.1, -0.05) is 54.6 Å². The fourth-order valence-corrected chi connectivity index (χ4v) is 3.41. The van der Waals surface area contributed by atoms with E-state index in [4.69, 9.17) is 18.9 Å². The monoisotopic (exact) mass is 405 g/mol. The maximum absolute atomic E-state index is 6.10. The molecule has 3 aromatic carbocycles. The Bertz CT molecular complexity index is 916. The largest absolute Gasteiger partial charge is 0.488 e. The number of ether oxygens (including phenoxy) is 4. The molecule has 1 aliphatic rings. The Labute approximate surface area is 177 Å². The molecule has 0 amide bonds. The maximum Gasteiger partial charge on any atom is 0.161 e. The molecule has 30 heavy (non-hydrogen) atoms. The molecule has 156 valence electrons. The van der Waals surface area contributed by atoms with E-state index in [1.165, 1.54) is 5.56 Å². The van der Waals surface area contributed by atoms with Gasteiger partial charge in [-0.15, -0.1) is 0 Å². The molecule has 0 N–H and O–H groups in total. The zero-order valence-electron chi connectivity index (χ0n) is 17.0. The molecular weight excluding hydrogens is 378 g/mol. The van der Waals surface area contributed by atoms with E-state index in [-0.39, 0.29) is 0 Å². The van der Waals surface area contributed by atoms with Gasteiger partial charge in [0.05, 0.1) is 18.9 Å². The van der Waals surface area contributed by atoms with Crippen LogP contribution in [0.5, 0.6) is 17.2 Å². The molecule has 0 fully saturated rings. The lowest BCUT2D eigenvalue weighted by Crippen LogP contribution is -2.28. The van der Waals surface area contributed by atoms with Gasteiger partial charge in [0.15, 0.2) is 11.5 Å². The molecule has 0 aliphatic carbocycles. The molecule has 5 nitrogen and oxygen atoms in total. The van der Waals surface area contributed by atoms with Gasteiger partial charge in [0.2, 0.25) is 0 Å². The normalized spacial score (nSPS) is 15.3. The minimum absolute atomic E-state index is 0.434. The fraction of sp³-hybridized carbons (Fsp3) is 0.280. The first-order valence-corrected chi connectivity index (χ1v) is 10.3. The number of hydrogen-bond donors (Lipinski definition) is 0. The number of benzene rings is 3. The highest BCUT2D eigenvalue weighted by molar-refractivity contribution is 5.58. The van der Waals surface area contributed by atoms with Crippen molar-refractivity contribution in [2.24, 2.45) is 0 Å². The van der Waals surface area contributed by atoms with E-state index in [1.807, 2.05) is 48.5 Å². The molecule has 0 spiro atoms. The lowest BCUT2D eigenvalue weighted by molar-refractivity contribution is 0.103. The van der Waals surface area contributed by atoms with Gasteiger partial charge < -0.3 is 23.8 Å². The van der Waals surface area contributed by atoms with E-state index >= 15 is 0 Å². The average Bonchev–Trinajstić information content (AvgIpc) is 2.80. The third kappa shape index (κ3) is 5.45. The number of rotatable bonds is 2. The molecular formula is C25H27NO4. The molecule has 0 saturated carbocycles.